The van der Waals surface area contributed by atoms with Crippen LogP contribution in [-0.2, 0) is 0 Å². The molecule has 1 aromatic carbocycles. The maximum atomic E-state index is 4.43. The molecule has 0 saturated heterocycles. The summed E-state index contributed by atoms with van der Waals surface area (Å²) in [6.45, 7) is 1.91. The lowest BCUT2D eigenvalue weighted by molar-refractivity contribution is 0.995. The van der Waals surface area contributed by atoms with Gasteiger partial charge in [-0.05, 0) is 18.9 Å². The van der Waals surface area contributed by atoms with Crippen LogP contribution in [0.4, 0.5) is 11.6 Å². The minimum absolute atomic E-state index is 0.487. The average molecular weight is 254 g/mol. The highest BCUT2D eigenvalue weighted by Crippen LogP contribution is 2.42. The normalized spacial score (nSPS) is 20.9. The van der Waals surface area contributed by atoms with Crippen molar-refractivity contribution in [3.8, 4) is 0 Å². The molecule has 4 nitrogen and oxygen atoms in total. The number of rotatable bonds is 4. The molecule has 0 radical (unpaired) electrons. The van der Waals surface area contributed by atoms with Crippen molar-refractivity contribution >= 4 is 11.6 Å². The Bertz CT molecular complexity index is 568. The lowest BCUT2D eigenvalue weighted by atomic mass is 10.1. The average Bonchev–Trinajstić information content (AvgIpc) is 3.18. The minimum atomic E-state index is 0.487. The third kappa shape index (κ3) is 2.67. The fraction of sp³-hybridized carbons (Fsp3) is 0.333. The van der Waals surface area contributed by atoms with Crippen molar-refractivity contribution in [2.75, 3.05) is 17.7 Å². The number of aryl methyl sites for hydroxylation is 1. The number of hydrogen-bond donors (Lipinski definition) is 2. The third-order valence-electron chi connectivity index (χ3n) is 3.45. The SMILES string of the molecule is CNc1cc(NC2CC2c2ccccc2)nc(C)n1. The Labute approximate surface area is 113 Å². The Morgan fingerprint density at radius 2 is 1.84 bits per heavy atom. The zero-order chi connectivity index (χ0) is 13.2. The van der Waals surface area contributed by atoms with Crippen molar-refractivity contribution in [2.45, 2.75) is 25.3 Å². The largest absolute Gasteiger partial charge is 0.373 e. The molecule has 3 rings (SSSR count). The van der Waals surface area contributed by atoms with Crippen LogP contribution in [0, 0.1) is 6.92 Å². The molecule has 0 aliphatic heterocycles. The predicted octanol–water partition coefficient (Wildman–Crippen LogP) is 2.79. The van der Waals surface area contributed by atoms with Gasteiger partial charge in [-0.2, -0.15) is 0 Å². The molecular formula is C15H18N4. The molecule has 1 aliphatic rings. The summed E-state index contributed by atoms with van der Waals surface area (Å²) in [4.78, 5) is 8.72. The summed E-state index contributed by atoms with van der Waals surface area (Å²) in [5.74, 6) is 3.15. The fourth-order valence-electron chi connectivity index (χ4n) is 2.38. The summed E-state index contributed by atoms with van der Waals surface area (Å²) >= 11 is 0. The standard InChI is InChI=1S/C15H18N4/c1-10-17-14(16-2)9-15(18-10)19-13-8-12(13)11-6-4-3-5-7-11/h3-7,9,12-13H,8H2,1-2H3,(H2,16,17,18,19). The molecule has 1 aliphatic carbocycles. The van der Waals surface area contributed by atoms with Gasteiger partial charge in [0.05, 0.1) is 0 Å². The Balaban J connectivity index is 1.69. The Morgan fingerprint density at radius 3 is 2.58 bits per heavy atom. The van der Waals surface area contributed by atoms with E-state index in [1.54, 1.807) is 0 Å². The zero-order valence-corrected chi connectivity index (χ0v) is 11.2. The van der Waals surface area contributed by atoms with Crippen molar-refractivity contribution in [1.82, 2.24) is 9.97 Å². The molecule has 0 spiro atoms. The molecule has 2 unspecified atom stereocenters. The van der Waals surface area contributed by atoms with Gasteiger partial charge in [0.2, 0.25) is 0 Å². The van der Waals surface area contributed by atoms with Crippen molar-refractivity contribution in [3.05, 3.63) is 47.8 Å². The molecule has 4 heteroatoms. The Kier molecular flexibility index (Phi) is 3.07. The molecule has 0 bridgehead atoms. The van der Waals surface area contributed by atoms with E-state index in [4.69, 9.17) is 0 Å². The Morgan fingerprint density at radius 1 is 1.11 bits per heavy atom. The number of nitrogens with zero attached hydrogens (tertiary/aromatic N) is 2. The monoisotopic (exact) mass is 254 g/mol. The van der Waals surface area contributed by atoms with Crippen LogP contribution in [0.15, 0.2) is 36.4 Å². The highest BCUT2D eigenvalue weighted by molar-refractivity contribution is 5.49. The van der Waals surface area contributed by atoms with Gasteiger partial charge in [0.15, 0.2) is 0 Å². The zero-order valence-electron chi connectivity index (χ0n) is 11.2. The van der Waals surface area contributed by atoms with Gasteiger partial charge < -0.3 is 10.6 Å². The van der Waals surface area contributed by atoms with Crippen LogP contribution >= 0.6 is 0 Å². The summed E-state index contributed by atoms with van der Waals surface area (Å²) < 4.78 is 0. The van der Waals surface area contributed by atoms with Crippen LogP contribution < -0.4 is 10.6 Å². The van der Waals surface area contributed by atoms with E-state index >= 15 is 0 Å². The third-order valence-corrected chi connectivity index (χ3v) is 3.45. The van der Waals surface area contributed by atoms with Crippen LogP contribution in [0.5, 0.6) is 0 Å². The van der Waals surface area contributed by atoms with Gasteiger partial charge in [0, 0.05) is 25.1 Å². The molecule has 2 aromatic rings. The first-order valence-corrected chi connectivity index (χ1v) is 6.61. The first-order valence-electron chi connectivity index (χ1n) is 6.61. The van der Waals surface area contributed by atoms with Crippen LogP contribution in [0.25, 0.3) is 0 Å². The van der Waals surface area contributed by atoms with E-state index in [-0.39, 0.29) is 0 Å². The highest BCUT2D eigenvalue weighted by Gasteiger charge is 2.38. The van der Waals surface area contributed by atoms with Crippen molar-refractivity contribution < 1.29 is 0 Å². The van der Waals surface area contributed by atoms with E-state index in [0.717, 1.165) is 17.5 Å². The maximum absolute atomic E-state index is 4.43. The number of hydrogen-bond acceptors (Lipinski definition) is 4. The van der Waals surface area contributed by atoms with Crippen LogP contribution in [0.2, 0.25) is 0 Å². The van der Waals surface area contributed by atoms with E-state index in [9.17, 15) is 0 Å². The molecule has 1 fully saturated rings. The molecule has 1 saturated carbocycles. The topological polar surface area (TPSA) is 49.8 Å². The molecular weight excluding hydrogens is 236 g/mol. The van der Waals surface area contributed by atoms with Gasteiger partial charge in [-0.15, -0.1) is 0 Å². The molecule has 19 heavy (non-hydrogen) atoms. The molecule has 0 amide bonds. The van der Waals surface area contributed by atoms with E-state index in [1.165, 1.54) is 12.0 Å². The molecule has 98 valence electrons. The summed E-state index contributed by atoms with van der Waals surface area (Å²) in [6.07, 6.45) is 1.17. The molecule has 2 N–H and O–H groups in total. The second kappa shape index (κ2) is 4.88. The first kappa shape index (κ1) is 12.0. The second-order valence-corrected chi connectivity index (χ2v) is 4.94. The van der Waals surface area contributed by atoms with Gasteiger partial charge in [-0.25, -0.2) is 9.97 Å². The molecule has 1 heterocycles. The second-order valence-electron chi connectivity index (χ2n) is 4.94. The quantitative estimate of drug-likeness (QED) is 0.881. The lowest BCUT2D eigenvalue weighted by Gasteiger charge is -2.08. The van der Waals surface area contributed by atoms with Gasteiger partial charge in [-0.1, -0.05) is 30.3 Å². The maximum Gasteiger partial charge on any atom is 0.132 e. The first-order chi connectivity index (χ1) is 9.26. The van der Waals surface area contributed by atoms with E-state index < -0.39 is 0 Å². The van der Waals surface area contributed by atoms with Gasteiger partial charge >= 0.3 is 0 Å². The summed E-state index contributed by atoms with van der Waals surface area (Å²) in [7, 11) is 1.87. The summed E-state index contributed by atoms with van der Waals surface area (Å²) in [5.41, 5.74) is 1.40. The molecule has 1 aromatic heterocycles. The number of aromatic nitrogens is 2. The van der Waals surface area contributed by atoms with Crippen LogP contribution in [0.1, 0.15) is 23.7 Å². The lowest BCUT2D eigenvalue weighted by Crippen LogP contribution is -2.08. The van der Waals surface area contributed by atoms with Gasteiger partial charge in [0.25, 0.3) is 0 Å². The summed E-state index contributed by atoms with van der Waals surface area (Å²) in [6, 6.07) is 13.1. The van der Waals surface area contributed by atoms with Crippen LogP contribution in [-0.4, -0.2) is 23.1 Å². The smallest absolute Gasteiger partial charge is 0.132 e. The molecule has 2 atom stereocenters. The highest BCUT2D eigenvalue weighted by atomic mass is 15.1. The van der Waals surface area contributed by atoms with Crippen LogP contribution in [0.3, 0.4) is 0 Å². The van der Waals surface area contributed by atoms with Crippen molar-refractivity contribution in [2.24, 2.45) is 0 Å². The summed E-state index contributed by atoms with van der Waals surface area (Å²) in [5, 5.41) is 6.54. The minimum Gasteiger partial charge on any atom is -0.373 e. The number of benzene rings is 1. The number of nitrogens with one attached hydrogen (secondary N) is 2. The number of anilines is 2. The van der Waals surface area contributed by atoms with Gasteiger partial charge in [-0.3, -0.25) is 0 Å². The van der Waals surface area contributed by atoms with E-state index in [2.05, 4.69) is 50.9 Å². The van der Waals surface area contributed by atoms with Crippen molar-refractivity contribution in [1.29, 1.82) is 0 Å². The predicted molar refractivity (Wildman–Crippen MR) is 77.5 cm³/mol. The van der Waals surface area contributed by atoms with Crippen molar-refractivity contribution in [3.63, 3.8) is 0 Å². The Hall–Kier alpha value is -2.10. The van der Waals surface area contributed by atoms with E-state index in [1.807, 2.05) is 20.0 Å². The fourth-order valence-corrected chi connectivity index (χ4v) is 2.38. The van der Waals surface area contributed by atoms with Gasteiger partial charge in [0.1, 0.15) is 17.5 Å². The van der Waals surface area contributed by atoms with E-state index in [0.29, 0.717) is 12.0 Å².